The number of aromatic nitrogens is 1. The lowest BCUT2D eigenvalue weighted by Crippen LogP contribution is -2.04. The van der Waals surface area contributed by atoms with E-state index in [-0.39, 0.29) is 0 Å². The van der Waals surface area contributed by atoms with Crippen LogP contribution in [0.2, 0.25) is 10.0 Å². The van der Waals surface area contributed by atoms with Crippen LogP contribution in [0.3, 0.4) is 0 Å². The van der Waals surface area contributed by atoms with Gasteiger partial charge in [0, 0.05) is 23.6 Å². The summed E-state index contributed by atoms with van der Waals surface area (Å²) in [6.07, 6.45) is -2.45. The second kappa shape index (κ2) is 7.19. The lowest BCUT2D eigenvalue weighted by Gasteiger charge is -2.11. The van der Waals surface area contributed by atoms with Crippen molar-refractivity contribution in [1.29, 1.82) is 0 Å². The molecule has 1 aromatic heterocycles. The van der Waals surface area contributed by atoms with Gasteiger partial charge in [-0.25, -0.2) is 0 Å². The maximum Gasteiger partial charge on any atom is 0.416 e. The Bertz CT molecular complexity index is 1160. The minimum Gasteiger partial charge on any atom is -0.343 e. The van der Waals surface area contributed by atoms with Gasteiger partial charge in [0.2, 0.25) is 0 Å². The fraction of sp³-hybridized carbons (Fsp3) is 0.0909. The van der Waals surface area contributed by atoms with Crippen molar-refractivity contribution in [3.05, 3.63) is 94.1 Å². The maximum absolute atomic E-state index is 13.1. The van der Waals surface area contributed by atoms with Crippen LogP contribution in [0.15, 0.2) is 72.9 Å². The van der Waals surface area contributed by atoms with Crippen molar-refractivity contribution in [3.8, 4) is 11.1 Å². The predicted molar refractivity (Wildman–Crippen MR) is 108 cm³/mol. The van der Waals surface area contributed by atoms with Crippen molar-refractivity contribution in [3.63, 3.8) is 0 Å². The maximum atomic E-state index is 13.1. The van der Waals surface area contributed by atoms with Gasteiger partial charge in [0.25, 0.3) is 0 Å². The number of benzene rings is 3. The number of rotatable bonds is 3. The summed E-state index contributed by atoms with van der Waals surface area (Å²) < 4.78 is 41.3. The highest BCUT2D eigenvalue weighted by molar-refractivity contribution is 6.42. The molecule has 0 N–H and O–H groups in total. The first kappa shape index (κ1) is 18.9. The van der Waals surface area contributed by atoms with Crippen LogP contribution in [0, 0.1) is 0 Å². The summed E-state index contributed by atoms with van der Waals surface area (Å²) in [6.45, 7) is 0.576. The molecule has 0 amide bonds. The monoisotopic (exact) mass is 419 g/mol. The first-order valence-corrected chi connectivity index (χ1v) is 9.28. The van der Waals surface area contributed by atoms with Crippen LogP contribution in [0.25, 0.3) is 22.0 Å². The topological polar surface area (TPSA) is 4.93 Å². The first-order valence-electron chi connectivity index (χ1n) is 8.52. The van der Waals surface area contributed by atoms with Crippen LogP contribution in [-0.2, 0) is 12.7 Å². The number of fused-ring (bicyclic) bond motifs is 1. The van der Waals surface area contributed by atoms with Gasteiger partial charge >= 0.3 is 6.18 Å². The van der Waals surface area contributed by atoms with Crippen molar-refractivity contribution in [2.24, 2.45) is 0 Å². The highest BCUT2D eigenvalue weighted by Gasteiger charge is 2.30. The lowest BCUT2D eigenvalue weighted by molar-refractivity contribution is -0.137. The molecule has 0 aliphatic carbocycles. The fourth-order valence-electron chi connectivity index (χ4n) is 3.31. The number of nitrogens with zero attached hydrogens (tertiary/aromatic N) is 1. The smallest absolute Gasteiger partial charge is 0.343 e. The zero-order valence-electron chi connectivity index (χ0n) is 14.5. The number of halogens is 5. The molecule has 1 heterocycles. The Morgan fingerprint density at radius 3 is 2.36 bits per heavy atom. The summed E-state index contributed by atoms with van der Waals surface area (Å²) in [4.78, 5) is 0. The van der Waals surface area contributed by atoms with Gasteiger partial charge in [-0.15, -0.1) is 0 Å². The average Bonchev–Trinajstić information content (AvgIpc) is 3.07. The van der Waals surface area contributed by atoms with E-state index in [0.29, 0.717) is 22.2 Å². The summed E-state index contributed by atoms with van der Waals surface area (Å²) in [6, 6.07) is 18.4. The van der Waals surface area contributed by atoms with Gasteiger partial charge in [-0.2, -0.15) is 13.2 Å². The van der Waals surface area contributed by atoms with Crippen LogP contribution < -0.4 is 0 Å². The zero-order valence-corrected chi connectivity index (χ0v) is 16.0. The van der Waals surface area contributed by atoms with Crippen molar-refractivity contribution >= 4 is 34.1 Å². The van der Waals surface area contributed by atoms with Crippen LogP contribution in [0.1, 0.15) is 11.1 Å². The van der Waals surface area contributed by atoms with Crippen LogP contribution in [-0.4, -0.2) is 4.57 Å². The Morgan fingerprint density at radius 2 is 1.61 bits per heavy atom. The highest BCUT2D eigenvalue weighted by Crippen LogP contribution is 2.35. The van der Waals surface area contributed by atoms with Crippen LogP contribution >= 0.6 is 23.2 Å². The van der Waals surface area contributed by atoms with E-state index in [0.717, 1.165) is 28.1 Å². The van der Waals surface area contributed by atoms with Crippen LogP contribution in [0.5, 0.6) is 0 Å². The van der Waals surface area contributed by atoms with E-state index in [1.165, 1.54) is 12.1 Å². The fourth-order valence-corrected chi connectivity index (χ4v) is 3.63. The summed E-state index contributed by atoms with van der Waals surface area (Å²) in [5.74, 6) is 0. The zero-order chi connectivity index (χ0) is 19.9. The molecule has 0 fully saturated rings. The summed E-state index contributed by atoms with van der Waals surface area (Å²) in [7, 11) is 0. The Labute approximate surface area is 169 Å². The van der Waals surface area contributed by atoms with E-state index in [1.54, 1.807) is 12.1 Å². The molecule has 0 radical (unpaired) electrons. The molecular weight excluding hydrogens is 406 g/mol. The third-order valence-corrected chi connectivity index (χ3v) is 5.39. The van der Waals surface area contributed by atoms with E-state index in [1.807, 2.05) is 47.2 Å². The second-order valence-corrected chi connectivity index (χ2v) is 7.32. The Kier molecular flexibility index (Phi) is 4.86. The minimum atomic E-state index is -4.37. The number of hydrogen-bond acceptors (Lipinski definition) is 0. The molecule has 28 heavy (non-hydrogen) atoms. The molecule has 1 nitrogen and oxygen atoms in total. The van der Waals surface area contributed by atoms with Crippen molar-refractivity contribution < 1.29 is 13.2 Å². The molecule has 0 saturated carbocycles. The molecule has 0 aliphatic rings. The predicted octanol–water partition coefficient (Wildman–Crippen LogP) is 7.68. The average molecular weight is 420 g/mol. The van der Waals surface area contributed by atoms with E-state index in [2.05, 4.69) is 0 Å². The molecule has 4 rings (SSSR count). The summed E-state index contributed by atoms with van der Waals surface area (Å²) >= 11 is 12.1. The molecule has 0 spiro atoms. The molecule has 6 heteroatoms. The molecular formula is C22H14Cl2F3N. The van der Waals surface area contributed by atoms with E-state index >= 15 is 0 Å². The Hall–Kier alpha value is -2.43. The molecule has 0 unspecified atom stereocenters. The van der Waals surface area contributed by atoms with Gasteiger partial charge in [-0.3, -0.25) is 0 Å². The van der Waals surface area contributed by atoms with Gasteiger partial charge in [0.15, 0.2) is 0 Å². The van der Waals surface area contributed by atoms with Gasteiger partial charge in [-0.05, 0) is 53.1 Å². The number of alkyl halides is 3. The minimum absolute atomic E-state index is 0.486. The van der Waals surface area contributed by atoms with Crippen LogP contribution in [0.4, 0.5) is 13.2 Å². The Balaban J connectivity index is 1.76. The summed E-state index contributed by atoms with van der Waals surface area (Å²) in [5.41, 5.74) is 2.55. The summed E-state index contributed by atoms with van der Waals surface area (Å²) in [5, 5.41) is 1.87. The standard InChI is InChI=1S/C22H14Cl2F3N/c23-19-8-7-14(11-20(19)24)13-28-10-9-18-17(5-2-6-21(18)28)15-3-1-4-16(12-15)22(25,26)27/h1-12H,13H2. The SMILES string of the molecule is FC(F)(F)c1cccc(-c2cccc3c2ccn3Cc2ccc(Cl)c(Cl)c2)c1. The molecule has 0 aliphatic heterocycles. The van der Waals surface area contributed by atoms with Gasteiger partial charge in [0.05, 0.1) is 15.6 Å². The second-order valence-electron chi connectivity index (χ2n) is 6.51. The molecule has 0 atom stereocenters. The van der Waals surface area contributed by atoms with E-state index in [9.17, 15) is 13.2 Å². The number of hydrogen-bond donors (Lipinski definition) is 0. The molecule has 0 bridgehead atoms. The van der Waals surface area contributed by atoms with Crippen molar-refractivity contribution in [2.75, 3.05) is 0 Å². The first-order chi connectivity index (χ1) is 13.3. The lowest BCUT2D eigenvalue weighted by atomic mass is 9.99. The third-order valence-electron chi connectivity index (χ3n) is 4.65. The molecule has 4 aromatic rings. The van der Waals surface area contributed by atoms with Gasteiger partial charge < -0.3 is 4.57 Å². The van der Waals surface area contributed by atoms with E-state index in [4.69, 9.17) is 23.2 Å². The largest absolute Gasteiger partial charge is 0.416 e. The quantitative estimate of drug-likeness (QED) is 0.320. The molecule has 3 aromatic carbocycles. The van der Waals surface area contributed by atoms with E-state index < -0.39 is 11.7 Å². The third kappa shape index (κ3) is 3.62. The van der Waals surface area contributed by atoms with Crippen molar-refractivity contribution in [2.45, 2.75) is 12.7 Å². The molecule has 142 valence electrons. The molecule has 0 saturated heterocycles. The highest BCUT2D eigenvalue weighted by atomic mass is 35.5. The van der Waals surface area contributed by atoms with Gasteiger partial charge in [0.1, 0.15) is 0 Å². The Morgan fingerprint density at radius 1 is 0.821 bits per heavy atom. The van der Waals surface area contributed by atoms with Crippen molar-refractivity contribution in [1.82, 2.24) is 4.57 Å². The van der Waals surface area contributed by atoms with Gasteiger partial charge in [-0.1, -0.05) is 53.5 Å². The normalized spacial score (nSPS) is 11.9.